The van der Waals surface area contributed by atoms with Gasteiger partial charge in [-0.15, -0.1) is 11.3 Å². The van der Waals surface area contributed by atoms with Gasteiger partial charge in [-0.05, 0) is 12.8 Å². The van der Waals surface area contributed by atoms with Crippen LogP contribution in [0.1, 0.15) is 37.3 Å². The van der Waals surface area contributed by atoms with E-state index in [0.717, 1.165) is 23.6 Å². The molecule has 0 saturated heterocycles. The minimum Gasteiger partial charge on any atom is -0.367 e. The Bertz CT molecular complexity index is 717. The van der Waals surface area contributed by atoms with E-state index >= 15 is 0 Å². The van der Waals surface area contributed by atoms with Gasteiger partial charge in [0.15, 0.2) is 5.65 Å². The van der Waals surface area contributed by atoms with E-state index in [0.29, 0.717) is 12.0 Å². The summed E-state index contributed by atoms with van der Waals surface area (Å²) in [6, 6.07) is 4.33. The van der Waals surface area contributed by atoms with Gasteiger partial charge in [-0.1, -0.05) is 13.8 Å². The Labute approximate surface area is 128 Å². The van der Waals surface area contributed by atoms with E-state index in [1.54, 1.807) is 17.5 Å². The third-order valence-electron chi connectivity index (χ3n) is 3.36. The van der Waals surface area contributed by atoms with Gasteiger partial charge < -0.3 is 5.32 Å². The van der Waals surface area contributed by atoms with Crippen LogP contribution in [-0.2, 0) is 6.42 Å². The summed E-state index contributed by atoms with van der Waals surface area (Å²) in [6.45, 7) is 6.48. The van der Waals surface area contributed by atoms with Crippen molar-refractivity contribution in [1.82, 2.24) is 19.6 Å². The van der Waals surface area contributed by atoms with E-state index in [2.05, 4.69) is 47.2 Å². The number of nitrogens with one attached hydrogen (secondary N) is 1. The highest BCUT2D eigenvalue weighted by atomic mass is 32.1. The lowest BCUT2D eigenvalue weighted by Crippen LogP contribution is -2.20. The Hall–Kier alpha value is -1.95. The zero-order valence-electron chi connectivity index (χ0n) is 12.4. The average molecular weight is 301 g/mol. The molecule has 0 unspecified atom stereocenters. The molecular formula is C15H19N5S. The molecular weight excluding hydrogens is 282 g/mol. The van der Waals surface area contributed by atoms with Crippen molar-refractivity contribution in [1.29, 1.82) is 0 Å². The van der Waals surface area contributed by atoms with Gasteiger partial charge in [0.1, 0.15) is 5.82 Å². The molecule has 0 saturated carbocycles. The van der Waals surface area contributed by atoms with Gasteiger partial charge in [0.25, 0.3) is 0 Å². The predicted molar refractivity (Wildman–Crippen MR) is 86.0 cm³/mol. The molecule has 6 heteroatoms. The molecule has 5 nitrogen and oxygen atoms in total. The molecule has 0 aliphatic heterocycles. The van der Waals surface area contributed by atoms with Crippen LogP contribution in [0.25, 0.3) is 5.65 Å². The lowest BCUT2D eigenvalue weighted by Gasteiger charge is -2.17. The van der Waals surface area contributed by atoms with Crippen molar-refractivity contribution in [3.8, 4) is 0 Å². The average Bonchev–Trinajstić information content (AvgIpc) is 3.08. The Morgan fingerprint density at radius 1 is 1.33 bits per heavy atom. The summed E-state index contributed by atoms with van der Waals surface area (Å²) in [5, 5.41) is 7.90. The van der Waals surface area contributed by atoms with Crippen LogP contribution in [0.2, 0.25) is 0 Å². The van der Waals surface area contributed by atoms with Crippen molar-refractivity contribution in [2.75, 3.05) is 5.32 Å². The van der Waals surface area contributed by atoms with Crippen LogP contribution in [-0.4, -0.2) is 25.6 Å². The normalized spacial score (nSPS) is 13.0. The Kier molecular flexibility index (Phi) is 3.88. The minimum atomic E-state index is 0.306. The predicted octanol–water partition coefficient (Wildman–Crippen LogP) is 3.35. The molecule has 3 aromatic rings. The fourth-order valence-electron chi connectivity index (χ4n) is 2.28. The standard InChI is InChI=1S/C15H19N5S/c1-10(2)13-7-15(20-14(19-13)4-5-17-20)18-11(3)6-12-8-16-9-21-12/h4-5,7-11,18H,6H2,1-3H3/t11-/m1/s1. The number of hydrogen-bond donors (Lipinski definition) is 1. The van der Waals surface area contributed by atoms with Crippen LogP contribution in [0, 0.1) is 0 Å². The first kappa shape index (κ1) is 14.0. The van der Waals surface area contributed by atoms with Crippen LogP contribution >= 0.6 is 11.3 Å². The van der Waals surface area contributed by atoms with Gasteiger partial charge in [0.05, 0.1) is 11.7 Å². The molecule has 0 aliphatic rings. The van der Waals surface area contributed by atoms with Gasteiger partial charge in [-0.3, -0.25) is 4.98 Å². The summed E-state index contributed by atoms with van der Waals surface area (Å²) in [7, 11) is 0. The molecule has 21 heavy (non-hydrogen) atoms. The summed E-state index contributed by atoms with van der Waals surface area (Å²) in [4.78, 5) is 10.0. The highest BCUT2D eigenvalue weighted by Crippen LogP contribution is 2.20. The second kappa shape index (κ2) is 5.81. The van der Waals surface area contributed by atoms with Crippen molar-refractivity contribution < 1.29 is 0 Å². The number of aromatic nitrogens is 4. The molecule has 0 radical (unpaired) electrons. The van der Waals surface area contributed by atoms with Crippen LogP contribution in [0.5, 0.6) is 0 Å². The first-order valence-electron chi connectivity index (χ1n) is 7.12. The topological polar surface area (TPSA) is 55.1 Å². The van der Waals surface area contributed by atoms with E-state index in [4.69, 9.17) is 0 Å². The van der Waals surface area contributed by atoms with Crippen molar-refractivity contribution in [3.63, 3.8) is 0 Å². The van der Waals surface area contributed by atoms with Gasteiger partial charge in [0, 0.05) is 41.4 Å². The Morgan fingerprint density at radius 3 is 2.90 bits per heavy atom. The molecule has 3 heterocycles. The summed E-state index contributed by atoms with van der Waals surface area (Å²) < 4.78 is 1.86. The van der Waals surface area contributed by atoms with Gasteiger partial charge in [-0.2, -0.15) is 9.61 Å². The number of rotatable bonds is 5. The van der Waals surface area contributed by atoms with Crippen LogP contribution in [0.3, 0.4) is 0 Å². The smallest absolute Gasteiger partial charge is 0.157 e. The molecule has 0 spiro atoms. The molecule has 1 N–H and O–H groups in total. The van der Waals surface area contributed by atoms with Crippen LogP contribution < -0.4 is 5.32 Å². The van der Waals surface area contributed by atoms with Crippen molar-refractivity contribution in [2.45, 2.75) is 39.2 Å². The highest BCUT2D eigenvalue weighted by molar-refractivity contribution is 7.09. The largest absolute Gasteiger partial charge is 0.367 e. The maximum Gasteiger partial charge on any atom is 0.157 e. The van der Waals surface area contributed by atoms with Crippen LogP contribution in [0.4, 0.5) is 5.82 Å². The molecule has 0 amide bonds. The molecule has 3 aromatic heterocycles. The Balaban J connectivity index is 1.86. The van der Waals surface area contributed by atoms with E-state index in [9.17, 15) is 0 Å². The minimum absolute atomic E-state index is 0.306. The highest BCUT2D eigenvalue weighted by Gasteiger charge is 2.12. The lowest BCUT2D eigenvalue weighted by molar-refractivity contribution is 0.766. The van der Waals surface area contributed by atoms with E-state index in [1.807, 2.05) is 22.3 Å². The Morgan fingerprint density at radius 2 is 2.19 bits per heavy atom. The third-order valence-corrected chi connectivity index (χ3v) is 4.16. The monoisotopic (exact) mass is 301 g/mol. The number of hydrogen-bond acceptors (Lipinski definition) is 5. The van der Waals surface area contributed by atoms with Gasteiger partial charge in [0.2, 0.25) is 0 Å². The summed E-state index contributed by atoms with van der Waals surface area (Å²) >= 11 is 1.69. The lowest BCUT2D eigenvalue weighted by atomic mass is 10.1. The first-order valence-corrected chi connectivity index (χ1v) is 8.00. The zero-order chi connectivity index (χ0) is 14.8. The summed E-state index contributed by atoms with van der Waals surface area (Å²) in [6.07, 6.45) is 4.66. The third kappa shape index (κ3) is 3.05. The fraction of sp³-hybridized carbons (Fsp3) is 0.400. The number of thiazole rings is 1. The molecule has 0 aliphatic carbocycles. The first-order chi connectivity index (χ1) is 10.1. The second-order valence-corrected chi connectivity index (χ2v) is 6.51. The quantitative estimate of drug-likeness (QED) is 0.785. The second-order valence-electron chi connectivity index (χ2n) is 5.54. The number of anilines is 1. The number of nitrogens with zero attached hydrogens (tertiary/aromatic N) is 4. The molecule has 0 fully saturated rings. The molecule has 0 bridgehead atoms. The van der Waals surface area contributed by atoms with E-state index < -0.39 is 0 Å². The van der Waals surface area contributed by atoms with Gasteiger partial charge >= 0.3 is 0 Å². The maximum atomic E-state index is 4.63. The van der Waals surface area contributed by atoms with E-state index in [-0.39, 0.29) is 0 Å². The van der Waals surface area contributed by atoms with Crippen molar-refractivity contribution in [3.05, 3.63) is 40.6 Å². The van der Waals surface area contributed by atoms with Crippen molar-refractivity contribution in [2.24, 2.45) is 0 Å². The number of fused-ring (bicyclic) bond motifs is 1. The maximum absolute atomic E-state index is 4.63. The summed E-state index contributed by atoms with van der Waals surface area (Å²) in [5.41, 5.74) is 3.83. The summed E-state index contributed by atoms with van der Waals surface area (Å²) in [5.74, 6) is 1.38. The molecule has 3 rings (SSSR count). The SMILES string of the molecule is CC(C)c1cc(N[C@H](C)Cc2cncs2)n2nccc2n1. The van der Waals surface area contributed by atoms with Crippen molar-refractivity contribution >= 4 is 22.8 Å². The molecule has 1 atom stereocenters. The molecule has 0 aromatic carbocycles. The molecule has 110 valence electrons. The van der Waals surface area contributed by atoms with Crippen LogP contribution in [0.15, 0.2) is 30.0 Å². The fourth-order valence-corrected chi connectivity index (χ4v) is 3.00. The van der Waals surface area contributed by atoms with E-state index in [1.165, 1.54) is 4.88 Å². The zero-order valence-corrected chi connectivity index (χ0v) is 13.3. The van der Waals surface area contributed by atoms with Gasteiger partial charge in [-0.25, -0.2) is 4.98 Å².